The quantitative estimate of drug-likeness (QED) is 0.445. The number of carbonyl (C=O) groups excluding carboxylic acids is 1. The molecule has 0 unspecified atom stereocenters. The average Bonchev–Trinajstić information content (AvgIpc) is 2.80. The van der Waals surface area contributed by atoms with E-state index in [4.69, 9.17) is 9.52 Å². The van der Waals surface area contributed by atoms with E-state index in [0.717, 1.165) is 0 Å². The Labute approximate surface area is 109 Å². The van der Waals surface area contributed by atoms with E-state index in [1.54, 1.807) is 19.1 Å². The van der Waals surface area contributed by atoms with Gasteiger partial charge in [0.05, 0.1) is 18.0 Å². The van der Waals surface area contributed by atoms with E-state index >= 15 is 0 Å². The van der Waals surface area contributed by atoms with E-state index in [0.29, 0.717) is 16.9 Å². The highest BCUT2D eigenvalue weighted by atomic mass is 16.3. The molecule has 1 heterocycles. The number of benzene rings is 1. The van der Waals surface area contributed by atoms with Crippen LogP contribution < -0.4 is 5.43 Å². The van der Waals surface area contributed by atoms with Crippen molar-refractivity contribution < 1.29 is 19.4 Å². The highest BCUT2D eigenvalue weighted by molar-refractivity contribution is 5.95. The summed E-state index contributed by atoms with van der Waals surface area (Å²) in [4.78, 5) is 11.7. The molecule has 0 bridgehead atoms. The molecule has 98 valence electrons. The molecule has 6 nitrogen and oxygen atoms in total. The van der Waals surface area contributed by atoms with Gasteiger partial charge in [0.15, 0.2) is 11.5 Å². The summed E-state index contributed by atoms with van der Waals surface area (Å²) in [7, 11) is 0. The van der Waals surface area contributed by atoms with Gasteiger partial charge in [-0.15, -0.1) is 0 Å². The Morgan fingerprint density at radius 1 is 1.32 bits per heavy atom. The molecule has 0 aliphatic heterocycles. The fourth-order valence-corrected chi connectivity index (χ4v) is 1.47. The Kier molecular flexibility index (Phi) is 3.51. The molecule has 2 rings (SSSR count). The molecule has 0 atom stereocenters. The van der Waals surface area contributed by atoms with Crippen molar-refractivity contribution in [2.24, 2.45) is 5.10 Å². The van der Waals surface area contributed by atoms with Crippen molar-refractivity contribution in [2.45, 2.75) is 6.92 Å². The van der Waals surface area contributed by atoms with E-state index < -0.39 is 0 Å². The van der Waals surface area contributed by atoms with Crippen LogP contribution in [0.15, 0.2) is 40.0 Å². The number of rotatable bonds is 3. The van der Waals surface area contributed by atoms with Crippen molar-refractivity contribution in [1.29, 1.82) is 0 Å². The molecule has 19 heavy (non-hydrogen) atoms. The van der Waals surface area contributed by atoms with Crippen LogP contribution in [0.1, 0.15) is 21.7 Å². The first-order chi connectivity index (χ1) is 9.08. The lowest BCUT2D eigenvalue weighted by molar-refractivity contribution is 0.0953. The number of aromatic hydroxyl groups is 2. The summed E-state index contributed by atoms with van der Waals surface area (Å²) in [6.45, 7) is 1.68. The molecule has 6 heteroatoms. The minimum absolute atomic E-state index is 0.213. The number of furan rings is 1. The van der Waals surface area contributed by atoms with Crippen LogP contribution in [-0.2, 0) is 0 Å². The van der Waals surface area contributed by atoms with E-state index in [1.807, 2.05) is 0 Å². The van der Waals surface area contributed by atoms with E-state index in [1.165, 1.54) is 24.6 Å². The fourth-order valence-electron chi connectivity index (χ4n) is 1.47. The molecule has 0 aliphatic rings. The van der Waals surface area contributed by atoms with Gasteiger partial charge in [-0.2, -0.15) is 5.10 Å². The highest BCUT2D eigenvalue weighted by Gasteiger charge is 2.09. The van der Waals surface area contributed by atoms with Crippen molar-refractivity contribution in [3.05, 3.63) is 47.4 Å². The summed E-state index contributed by atoms with van der Waals surface area (Å²) in [5, 5.41) is 22.2. The number of hydrogen-bond acceptors (Lipinski definition) is 5. The number of hydrogen-bond donors (Lipinski definition) is 3. The summed E-state index contributed by atoms with van der Waals surface area (Å²) >= 11 is 0. The Hall–Kier alpha value is -2.76. The van der Waals surface area contributed by atoms with Gasteiger partial charge in [-0.05, 0) is 36.8 Å². The first kappa shape index (κ1) is 12.7. The predicted octanol–water partition coefficient (Wildman–Crippen LogP) is 1.76. The lowest BCUT2D eigenvalue weighted by Gasteiger charge is -1.99. The first-order valence-electron chi connectivity index (χ1n) is 5.47. The number of nitrogens with zero attached hydrogens (tertiary/aromatic N) is 1. The molecule has 0 fully saturated rings. The van der Waals surface area contributed by atoms with Crippen molar-refractivity contribution in [2.75, 3.05) is 0 Å². The van der Waals surface area contributed by atoms with Crippen LogP contribution >= 0.6 is 0 Å². The van der Waals surface area contributed by atoms with Gasteiger partial charge in [0, 0.05) is 0 Å². The fraction of sp³-hybridized carbons (Fsp3) is 0.0769. The molecule has 1 aromatic heterocycles. The summed E-state index contributed by atoms with van der Waals surface area (Å²) in [6, 6.07) is 5.76. The number of phenols is 2. The zero-order chi connectivity index (χ0) is 13.8. The van der Waals surface area contributed by atoms with Gasteiger partial charge in [0.1, 0.15) is 5.76 Å². The molecule has 1 amide bonds. The van der Waals surface area contributed by atoms with Gasteiger partial charge in [0.25, 0.3) is 5.91 Å². The maximum Gasteiger partial charge on any atom is 0.274 e. The normalized spacial score (nSPS) is 10.8. The lowest BCUT2D eigenvalue weighted by Crippen LogP contribution is -2.17. The van der Waals surface area contributed by atoms with E-state index in [-0.39, 0.29) is 17.4 Å². The molecular weight excluding hydrogens is 248 g/mol. The third-order valence-electron chi connectivity index (χ3n) is 2.48. The SMILES string of the molecule is Cc1occc1C(=O)N/N=C\c1ccc(O)c(O)c1. The monoisotopic (exact) mass is 260 g/mol. The van der Waals surface area contributed by atoms with Crippen molar-refractivity contribution in [3.63, 3.8) is 0 Å². The molecule has 0 radical (unpaired) electrons. The zero-order valence-corrected chi connectivity index (χ0v) is 10.1. The topological polar surface area (TPSA) is 95.1 Å². The molecule has 0 saturated carbocycles. The Morgan fingerprint density at radius 2 is 2.11 bits per heavy atom. The van der Waals surface area contributed by atoms with Gasteiger partial charge >= 0.3 is 0 Å². The number of amides is 1. The van der Waals surface area contributed by atoms with Crippen LogP contribution in [0.4, 0.5) is 0 Å². The van der Waals surface area contributed by atoms with E-state index in [2.05, 4.69) is 10.5 Å². The van der Waals surface area contributed by atoms with Crippen molar-refractivity contribution in [1.82, 2.24) is 5.43 Å². The van der Waals surface area contributed by atoms with Crippen LogP contribution in [0.25, 0.3) is 0 Å². The second-order valence-corrected chi connectivity index (χ2v) is 3.84. The Balaban J connectivity index is 2.02. The molecule has 2 aromatic rings. The third kappa shape index (κ3) is 2.92. The number of nitrogens with one attached hydrogen (secondary N) is 1. The van der Waals surface area contributed by atoms with Gasteiger partial charge in [0.2, 0.25) is 0 Å². The zero-order valence-electron chi connectivity index (χ0n) is 10.1. The summed E-state index contributed by atoms with van der Waals surface area (Å²) in [5.41, 5.74) is 3.28. The molecule has 3 N–H and O–H groups in total. The summed E-state index contributed by atoms with van der Waals surface area (Å²) in [5.74, 6) is -0.336. The van der Waals surface area contributed by atoms with Gasteiger partial charge < -0.3 is 14.6 Å². The molecule has 0 spiro atoms. The predicted molar refractivity (Wildman–Crippen MR) is 68.3 cm³/mol. The van der Waals surface area contributed by atoms with Gasteiger partial charge in [-0.25, -0.2) is 5.43 Å². The standard InChI is InChI=1S/C13H12N2O4/c1-8-10(4-5-19-8)13(18)15-14-7-9-2-3-11(16)12(17)6-9/h2-7,16-17H,1H3,(H,15,18)/b14-7-. The number of aryl methyl sites for hydroxylation is 1. The largest absolute Gasteiger partial charge is 0.504 e. The van der Waals surface area contributed by atoms with Gasteiger partial charge in [-0.3, -0.25) is 4.79 Å². The second kappa shape index (κ2) is 5.26. The maximum atomic E-state index is 11.7. The molecule has 0 aliphatic carbocycles. The molecule has 1 aromatic carbocycles. The number of phenolic OH excluding ortho intramolecular Hbond substituents is 2. The van der Waals surface area contributed by atoms with Crippen LogP contribution in [0.3, 0.4) is 0 Å². The van der Waals surface area contributed by atoms with Crippen LogP contribution in [0.2, 0.25) is 0 Å². The first-order valence-corrected chi connectivity index (χ1v) is 5.47. The number of hydrazone groups is 1. The van der Waals surface area contributed by atoms with Crippen LogP contribution in [0.5, 0.6) is 11.5 Å². The minimum atomic E-state index is -0.384. The average molecular weight is 260 g/mol. The lowest BCUT2D eigenvalue weighted by atomic mass is 10.2. The summed E-state index contributed by atoms with van der Waals surface area (Å²) in [6.07, 6.45) is 2.78. The summed E-state index contributed by atoms with van der Waals surface area (Å²) < 4.78 is 5.01. The highest BCUT2D eigenvalue weighted by Crippen LogP contribution is 2.23. The van der Waals surface area contributed by atoms with Gasteiger partial charge in [-0.1, -0.05) is 0 Å². The van der Waals surface area contributed by atoms with Crippen molar-refractivity contribution in [3.8, 4) is 11.5 Å². The van der Waals surface area contributed by atoms with Crippen LogP contribution in [-0.4, -0.2) is 22.3 Å². The second-order valence-electron chi connectivity index (χ2n) is 3.84. The third-order valence-corrected chi connectivity index (χ3v) is 2.48. The Bertz CT molecular complexity index is 631. The Morgan fingerprint density at radius 3 is 2.74 bits per heavy atom. The minimum Gasteiger partial charge on any atom is -0.504 e. The molecule has 0 saturated heterocycles. The van der Waals surface area contributed by atoms with Crippen molar-refractivity contribution >= 4 is 12.1 Å². The van der Waals surface area contributed by atoms with Crippen LogP contribution in [0, 0.1) is 6.92 Å². The molecular formula is C13H12N2O4. The van der Waals surface area contributed by atoms with E-state index in [9.17, 15) is 9.90 Å². The number of carbonyl (C=O) groups is 1. The smallest absolute Gasteiger partial charge is 0.274 e. The maximum absolute atomic E-state index is 11.7.